The van der Waals surface area contributed by atoms with Crippen molar-refractivity contribution in [3.8, 4) is 0 Å². The Kier molecular flexibility index (Phi) is 2.85. The summed E-state index contributed by atoms with van der Waals surface area (Å²) in [6, 6.07) is 0. The van der Waals surface area contributed by atoms with Gasteiger partial charge in [0.25, 0.3) is 0 Å². The number of aromatic nitrogens is 2. The zero-order chi connectivity index (χ0) is 12.6. The first-order valence-electron chi connectivity index (χ1n) is 6.08. The first kappa shape index (κ1) is 12.0. The third-order valence-corrected chi connectivity index (χ3v) is 3.09. The van der Waals surface area contributed by atoms with Crippen LogP contribution in [0, 0.1) is 0 Å². The average molecular weight is 235 g/mol. The molecule has 1 aliphatic rings. The standard InChI is InChI=1S/C12H21N5/c1-12(2,3)8-9(13)15-11(16-10(8)14)17-6-4-5-7-17/h4-7H2,1-3H3,(H4,13,14,15,16). The van der Waals surface area contributed by atoms with Crippen LogP contribution in [0.25, 0.3) is 0 Å². The summed E-state index contributed by atoms with van der Waals surface area (Å²) in [7, 11) is 0. The fraction of sp³-hybridized carbons (Fsp3) is 0.667. The zero-order valence-electron chi connectivity index (χ0n) is 10.8. The topological polar surface area (TPSA) is 81.1 Å². The van der Waals surface area contributed by atoms with E-state index in [9.17, 15) is 0 Å². The molecule has 17 heavy (non-hydrogen) atoms. The molecular formula is C12H21N5. The molecule has 5 heteroatoms. The Morgan fingerprint density at radius 3 is 1.88 bits per heavy atom. The number of rotatable bonds is 1. The van der Waals surface area contributed by atoms with E-state index in [4.69, 9.17) is 11.5 Å². The number of hydrogen-bond acceptors (Lipinski definition) is 5. The lowest BCUT2D eigenvalue weighted by Gasteiger charge is -2.24. The normalized spacial score (nSPS) is 16.5. The molecule has 0 aromatic carbocycles. The summed E-state index contributed by atoms with van der Waals surface area (Å²) in [6.07, 6.45) is 2.37. The van der Waals surface area contributed by atoms with Crippen LogP contribution in [0.2, 0.25) is 0 Å². The molecule has 0 radical (unpaired) electrons. The van der Waals surface area contributed by atoms with Gasteiger partial charge in [0.2, 0.25) is 5.95 Å². The molecule has 4 N–H and O–H groups in total. The van der Waals surface area contributed by atoms with Crippen LogP contribution >= 0.6 is 0 Å². The molecule has 0 aliphatic carbocycles. The SMILES string of the molecule is CC(C)(C)c1c(N)nc(N2CCCC2)nc1N. The van der Waals surface area contributed by atoms with Gasteiger partial charge >= 0.3 is 0 Å². The Hall–Kier alpha value is -1.52. The van der Waals surface area contributed by atoms with Crippen molar-refractivity contribution in [1.29, 1.82) is 0 Å². The molecule has 0 saturated carbocycles. The van der Waals surface area contributed by atoms with E-state index in [1.54, 1.807) is 0 Å². The molecule has 0 atom stereocenters. The lowest BCUT2D eigenvalue weighted by molar-refractivity contribution is 0.589. The Labute approximate surface area is 102 Å². The van der Waals surface area contributed by atoms with Crippen LogP contribution in [-0.2, 0) is 5.41 Å². The molecule has 0 unspecified atom stereocenters. The molecule has 5 nitrogen and oxygen atoms in total. The van der Waals surface area contributed by atoms with Gasteiger partial charge in [-0.1, -0.05) is 20.8 Å². The van der Waals surface area contributed by atoms with Gasteiger partial charge in [0.1, 0.15) is 11.6 Å². The van der Waals surface area contributed by atoms with Gasteiger partial charge in [0, 0.05) is 18.7 Å². The van der Waals surface area contributed by atoms with E-state index in [1.165, 1.54) is 12.8 Å². The highest BCUT2D eigenvalue weighted by molar-refractivity contribution is 5.60. The van der Waals surface area contributed by atoms with Crippen LogP contribution in [0.1, 0.15) is 39.2 Å². The maximum atomic E-state index is 6.02. The summed E-state index contributed by atoms with van der Waals surface area (Å²) in [4.78, 5) is 10.9. The van der Waals surface area contributed by atoms with Crippen molar-refractivity contribution in [3.05, 3.63) is 5.56 Å². The van der Waals surface area contributed by atoms with Crippen molar-refractivity contribution >= 4 is 17.6 Å². The fourth-order valence-electron chi connectivity index (χ4n) is 2.31. The summed E-state index contributed by atoms with van der Waals surface area (Å²) < 4.78 is 0. The van der Waals surface area contributed by atoms with Crippen LogP contribution in [-0.4, -0.2) is 23.1 Å². The number of anilines is 3. The molecule has 0 spiro atoms. The second-order valence-electron chi connectivity index (χ2n) is 5.61. The maximum Gasteiger partial charge on any atom is 0.229 e. The smallest absolute Gasteiger partial charge is 0.229 e. The molecule has 1 aliphatic heterocycles. The van der Waals surface area contributed by atoms with Gasteiger partial charge in [-0.2, -0.15) is 9.97 Å². The van der Waals surface area contributed by atoms with Crippen molar-refractivity contribution in [3.63, 3.8) is 0 Å². The minimum Gasteiger partial charge on any atom is -0.383 e. The summed E-state index contributed by atoms with van der Waals surface area (Å²) in [5, 5.41) is 0. The van der Waals surface area contributed by atoms with Gasteiger partial charge in [-0.15, -0.1) is 0 Å². The summed E-state index contributed by atoms with van der Waals surface area (Å²) in [5.74, 6) is 1.68. The molecule has 0 amide bonds. The van der Waals surface area contributed by atoms with Crippen molar-refractivity contribution in [2.75, 3.05) is 29.5 Å². The second kappa shape index (κ2) is 4.05. The molecule has 1 aromatic rings. The predicted molar refractivity (Wildman–Crippen MR) is 71.0 cm³/mol. The van der Waals surface area contributed by atoms with Crippen molar-refractivity contribution in [2.24, 2.45) is 0 Å². The van der Waals surface area contributed by atoms with Gasteiger partial charge < -0.3 is 16.4 Å². The van der Waals surface area contributed by atoms with Crippen LogP contribution in [0.4, 0.5) is 17.6 Å². The van der Waals surface area contributed by atoms with Gasteiger partial charge in [0.05, 0.1) is 0 Å². The number of nitrogens with zero attached hydrogens (tertiary/aromatic N) is 3. The molecule has 1 fully saturated rings. The minimum absolute atomic E-state index is 0.127. The average Bonchev–Trinajstić information content (AvgIpc) is 2.66. The summed E-state index contributed by atoms with van der Waals surface area (Å²) >= 11 is 0. The van der Waals surface area contributed by atoms with E-state index in [0.717, 1.165) is 18.7 Å². The van der Waals surface area contributed by atoms with E-state index >= 15 is 0 Å². The molecule has 1 saturated heterocycles. The molecular weight excluding hydrogens is 214 g/mol. The molecule has 0 bridgehead atoms. The first-order chi connectivity index (χ1) is 7.89. The molecule has 2 heterocycles. The van der Waals surface area contributed by atoms with Crippen LogP contribution in [0.5, 0.6) is 0 Å². The van der Waals surface area contributed by atoms with E-state index < -0.39 is 0 Å². The van der Waals surface area contributed by atoms with Gasteiger partial charge in [-0.3, -0.25) is 0 Å². The summed E-state index contributed by atoms with van der Waals surface area (Å²) in [6.45, 7) is 8.18. The van der Waals surface area contributed by atoms with Crippen molar-refractivity contribution < 1.29 is 0 Å². The highest BCUT2D eigenvalue weighted by Gasteiger charge is 2.25. The second-order valence-corrected chi connectivity index (χ2v) is 5.61. The third-order valence-electron chi connectivity index (χ3n) is 3.09. The first-order valence-corrected chi connectivity index (χ1v) is 6.08. The monoisotopic (exact) mass is 235 g/mol. The lowest BCUT2D eigenvalue weighted by atomic mass is 9.87. The molecule has 94 valence electrons. The van der Waals surface area contributed by atoms with Crippen LogP contribution < -0.4 is 16.4 Å². The van der Waals surface area contributed by atoms with Gasteiger partial charge in [0.15, 0.2) is 0 Å². The fourth-order valence-corrected chi connectivity index (χ4v) is 2.31. The quantitative estimate of drug-likeness (QED) is 0.771. The van der Waals surface area contributed by atoms with E-state index in [0.29, 0.717) is 17.6 Å². The van der Waals surface area contributed by atoms with Crippen molar-refractivity contribution in [2.45, 2.75) is 39.0 Å². The van der Waals surface area contributed by atoms with Crippen LogP contribution in [0.15, 0.2) is 0 Å². The number of nitrogens with two attached hydrogens (primary N) is 2. The Morgan fingerprint density at radius 1 is 1.00 bits per heavy atom. The lowest BCUT2D eigenvalue weighted by Crippen LogP contribution is -2.25. The predicted octanol–water partition coefficient (Wildman–Crippen LogP) is 1.54. The number of nitrogen functional groups attached to an aromatic ring is 2. The minimum atomic E-state index is -0.127. The molecule has 1 aromatic heterocycles. The Bertz CT molecular complexity index is 392. The third kappa shape index (κ3) is 2.28. The molecule has 2 rings (SSSR count). The van der Waals surface area contributed by atoms with Gasteiger partial charge in [-0.05, 0) is 18.3 Å². The zero-order valence-corrected chi connectivity index (χ0v) is 10.8. The highest BCUT2D eigenvalue weighted by Crippen LogP contribution is 2.32. The summed E-state index contributed by atoms with van der Waals surface area (Å²) in [5.41, 5.74) is 12.8. The van der Waals surface area contributed by atoms with Crippen LogP contribution in [0.3, 0.4) is 0 Å². The number of hydrogen-bond donors (Lipinski definition) is 2. The largest absolute Gasteiger partial charge is 0.383 e. The maximum absolute atomic E-state index is 6.02. The van der Waals surface area contributed by atoms with E-state index in [1.807, 2.05) is 0 Å². The Balaban J connectivity index is 2.41. The highest BCUT2D eigenvalue weighted by atomic mass is 15.3. The van der Waals surface area contributed by atoms with Gasteiger partial charge in [-0.25, -0.2) is 0 Å². The van der Waals surface area contributed by atoms with E-state index in [-0.39, 0.29) is 5.41 Å². The van der Waals surface area contributed by atoms with E-state index in [2.05, 4.69) is 35.6 Å². The Morgan fingerprint density at radius 2 is 1.47 bits per heavy atom. The van der Waals surface area contributed by atoms with Crippen molar-refractivity contribution in [1.82, 2.24) is 9.97 Å².